The van der Waals surface area contributed by atoms with Gasteiger partial charge >= 0.3 is 6.09 Å². The Labute approximate surface area is 136 Å². The highest BCUT2D eigenvalue weighted by Crippen LogP contribution is 2.20. The van der Waals surface area contributed by atoms with Crippen molar-refractivity contribution < 1.29 is 18.3 Å². The summed E-state index contributed by atoms with van der Waals surface area (Å²) in [4.78, 5) is 11.8. The number of halogens is 2. The minimum atomic E-state index is -0.585. The van der Waals surface area contributed by atoms with Gasteiger partial charge in [0.05, 0.1) is 0 Å². The molecule has 0 bridgehead atoms. The first-order valence-electron chi connectivity index (χ1n) is 7.80. The van der Waals surface area contributed by atoms with Gasteiger partial charge in [-0.2, -0.15) is 0 Å². The van der Waals surface area contributed by atoms with Gasteiger partial charge in [0, 0.05) is 24.2 Å². The van der Waals surface area contributed by atoms with Crippen LogP contribution in [0.1, 0.15) is 52.6 Å². The van der Waals surface area contributed by atoms with Gasteiger partial charge in [0.25, 0.3) is 0 Å². The molecule has 23 heavy (non-hydrogen) atoms. The number of rotatable bonds is 6. The molecule has 0 aliphatic heterocycles. The van der Waals surface area contributed by atoms with Gasteiger partial charge in [-0.1, -0.05) is 13.0 Å². The third kappa shape index (κ3) is 6.52. The van der Waals surface area contributed by atoms with E-state index in [1.54, 1.807) is 27.7 Å². The zero-order valence-electron chi connectivity index (χ0n) is 14.4. The first-order chi connectivity index (χ1) is 10.6. The Morgan fingerprint density at radius 1 is 1.26 bits per heavy atom. The average Bonchev–Trinajstić information content (AvgIpc) is 2.41. The van der Waals surface area contributed by atoms with Gasteiger partial charge in [0.2, 0.25) is 0 Å². The van der Waals surface area contributed by atoms with Crippen LogP contribution in [0.5, 0.6) is 0 Å². The molecule has 1 aromatic carbocycles. The second-order valence-electron chi connectivity index (χ2n) is 6.52. The fourth-order valence-corrected chi connectivity index (χ4v) is 2.12. The van der Waals surface area contributed by atoms with Crippen molar-refractivity contribution in [2.24, 2.45) is 0 Å². The lowest BCUT2D eigenvalue weighted by molar-refractivity contribution is 0.0502. The summed E-state index contributed by atoms with van der Waals surface area (Å²) in [6.45, 7) is 9.34. The Morgan fingerprint density at radius 3 is 2.30 bits per heavy atom. The smallest absolute Gasteiger partial charge is 0.407 e. The number of carbonyl (C=O) groups is 1. The summed E-state index contributed by atoms with van der Waals surface area (Å²) in [5.41, 5.74) is -0.570. The lowest BCUT2D eigenvalue weighted by Crippen LogP contribution is -2.44. The summed E-state index contributed by atoms with van der Waals surface area (Å²) in [7, 11) is 0. The van der Waals surface area contributed by atoms with Crippen LogP contribution in [0.4, 0.5) is 13.6 Å². The first kappa shape index (κ1) is 19.4. The van der Waals surface area contributed by atoms with E-state index in [2.05, 4.69) is 10.6 Å². The summed E-state index contributed by atoms with van der Waals surface area (Å²) in [6, 6.07) is 3.09. The molecule has 1 rings (SSSR count). The van der Waals surface area contributed by atoms with Gasteiger partial charge in [-0.05, 0) is 46.2 Å². The van der Waals surface area contributed by atoms with E-state index in [4.69, 9.17) is 4.74 Å². The number of alkyl carbamates (subject to hydrolysis) is 1. The van der Waals surface area contributed by atoms with Crippen LogP contribution in [0, 0.1) is 11.6 Å². The molecule has 4 nitrogen and oxygen atoms in total. The lowest BCUT2D eigenvalue weighted by atomic mass is 10.1. The van der Waals surface area contributed by atoms with Gasteiger partial charge < -0.3 is 15.4 Å². The summed E-state index contributed by atoms with van der Waals surface area (Å²) in [6.07, 6.45) is 0.162. The summed E-state index contributed by atoms with van der Waals surface area (Å²) in [5, 5.41) is 5.80. The van der Waals surface area contributed by atoms with Gasteiger partial charge in [-0.3, -0.25) is 0 Å². The van der Waals surface area contributed by atoms with Gasteiger partial charge in [0.15, 0.2) is 0 Å². The van der Waals surface area contributed by atoms with Gasteiger partial charge in [-0.25, -0.2) is 13.6 Å². The molecule has 0 saturated carbocycles. The van der Waals surface area contributed by atoms with Crippen molar-refractivity contribution in [3.05, 3.63) is 35.4 Å². The Balaban J connectivity index is 2.59. The zero-order valence-corrected chi connectivity index (χ0v) is 14.4. The molecular formula is C17H26F2N2O2. The highest BCUT2D eigenvalue weighted by atomic mass is 19.1. The zero-order chi connectivity index (χ0) is 17.6. The van der Waals surface area contributed by atoms with Crippen LogP contribution in [0.2, 0.25) is 0 Å². The maximum Gasteiger partial charge on any atom is 0.407 e. The normalized spacial score (nSPS) is 14.2. The van der Waals surface area contributed by atoms with Gasteiger partial charge in [0.1, 0.15) is 17.2 Å². The number of carbonyl (C=O) groups excluding carboxylic acids is 1. The van der Waals surface area contributed by atoms with E-state index in [9.17, 15) is 13.6 Å². The molecule has 0 aliphatic rings. The molecule has 2 N–H and O–H groups in total. The number of benzene rings is 1. The van der Waals surface area contributed by atoms with Gasteiger partial charge in [-0.15, -0.1) is 0 Å². The quantitative estimate of drug-likeness (QED) is 0.832. The van der Waals surface area contributed by atoms with E-state index >= 15 is 0 Å². The van der Waals surface area contributed by atoms with E-state index in [1.165, 1.54) is 18.2 Å². The van der Waals surface area contributed by atoms with Crippen molar-refractivity contribution in [3.8, 4) is 0 Å². The molecular weight excluding hydrogens is 302 g/mol. The van der Waals surface area contributed by atoms with Crippen LogP contribution in [0.15, 0.2) is 18.2 Å². The van der Waals surface area contributed by atoms with Crippen molar-refractivity contribution in [1.82, 2.24) is 10.6 Å². The third-order valence-corrected chi connectivity index (χ3v) is 3.32. The molecule has 0 fully saturated rings. The lowest BCUT2D eigenvalue weighted by Gasteiger charge is -2.24. The topological polar surface area (TPSA) is 50.4 Å². The predicted molar refractivity (Wildman–Crippen MR) is 86.2 cm³/mol. The van der Waals surface area contributed by atoms with Crippen molar-refractivity contribution in [3.63, 3.8) is 0 Å². The number of ether oxygens (including phenoxy) is 1. The maximum absolute atomic E-state index is 13.7. The summed E-state index contributed by atoms with van der Waals surface area (Å²) >= 11 is 0. The third-order valence-electron chi connectivity index (χ3n) is 3.32. The van der Waals surface area contributed by atoms with Crippen LogP contribution < -0.4 is 10.6 Å². The average molecular weight is 328 g/mol. The number of hydrogen-bond donors (Lipinski definition) is 2. The second-order valence-corrected chi connectivity index (χ2v) is 6.52. The molecule has 0 heterocycles. The molecule has 130 valence electrons. The summed E-state index contributed by atoms with van der Waals surface area (Å²) in [5.74, 6) is -1.17. The van der Waals surface area contributed by atoms with Crippen LogP contribution >= 0.6 is 0 Å². The van der Waals surface area contributed by atoms with Crippen molar-refractivity contribution in [2.45, 2.75) is 58.7 Å². The van der Waals surface area contributed by atoms with E-state index in [-0.39, 0.29) is 11.6 Å². The highest BCUT2D eigenvalue weighted by molar-refractivity contribution is 5.68. The minimum absolute atomic E-state index is 0.000351. The van der Waals surface area contributed by atoms with Crippen LogP contribution in [-0.4, -0.2) is 24.3 Å². The van der Waals surface area contributed by atoms with E-state index in [1.807, 2.05) is 6.92 Å². The highest BCUT2D eigenvalue weighted by Gasteiger charge is 2.20. The maximum atomic E-state index is 13.7. The molecule has 1 amide bonds. The molecule has 0 aliphatic carbocycles. The van der Waals surface area contributed by atoms with Crippen molar-refractivity contribution >= 4 is 6.09 Å². The van der Waals surface area contributed by atoms with Crippen LogP contribution in [-0.2, 0) is 4.74 Å². The Hall–Kier alpha value is -1.69. The molecule has 2 atom stereocenters. The summed E-state index contributed by atoms with van der Waals surface area (Å²) < 4.78 is 32.7. The number of nitrogens with one attached hydrogen (secondary N) is 2. The molecule has 1 aromatic rings. The van der Waals surface area contributed by atoms with Crippen molar-refractivity contribution in [2.75, 3.05) is 6.54 Å². The van der Waals surface area contributed by atoms with E-state index in [0.29, 0.717) is 13.0 Å². The SMILES string of the molecule is CCC(CNC(C)c1c(F)cccc1F)NC(=O)OC(C)(C)C. The fourth-order valence-electron chi connectivity index (χ4n) is 2.12. The number of hydrogen-bond acceptors (Lipinski definition) is 3. The molecule has 0 radical (unpaired) electrons. The minimum Gasteiger partial charge on any atom is -0.444 e. The van der Waals surface area contributed by atoms with E-state index < -0.39 is 29.4 Å². The molecule has 2 unspecified atom stereocenters. The predicted octanol–water partition coefficient (Wildman–Crippen LogP) is 3.92. The van der Waals surface area contributed by atoms with Crippen molar-refractivity contribution in [1.29, 1.82) is 0 Å². The largest absolute Gasteiger partial charge is 0.444 e. The monoisotopic (exact) mass is 328 g/mol. The number of amides is 1. The van der Waals surface area contributed by atoms with Crippen LogP contribution in [0.25, 0.3) is 0 Å². The molecule has 0 saturated heterocycles. The standard InChI is InChI=1S/C17H26F2N2O2/c1-6-12(21-16(22)23-17(3,4)5)10-20-11(2)15-13(18)8-7-9-14(15)19/h7-9,11-12,20H,6,10H2,1-5H3,(H,21,22). The molecule has 0 spiro atoms. The fraction of sp³-hybridized carbons (Fsp3) is 0.588. The Morgan fingerprint density at radius 2 is 1.83 bits per heavy atom. The van der Waals surface area contributed by atoms with E-state index in [0.717, 1.165) is 0 Å². The Kier molecular flexibility index (Phi) is 6.94. The van der Waals surface area contributed by atoms with Crippen LogP contribution in [0.3, 0.4) is 0 Å². The molecule has 6 heteroatoms. The molecule has 0 aromatic heterocycles. The second kappa shape index (κ2) is 8.24. The Bertz CT molecular complexity index is 510. The first-order valence-corrected chi connectivity index (χ1v) is 7.80.